The number of aromatic carboxylic acids is 1. The number of nitrogens with zero attached hydrogens (tertiary/aromatic N) is 4. The van der Waals surface area contributed by atoms with Crippen molar-refractivity contribution < 1.29 is 14.8 Å². The number of nitro groups is 1. The number of rotatable bonds is 3. The molecule has 0 fully saturated rings. The molecule has 8 nitrogen and oxygen atoms in total. The Bertz CT molecular complexity index is 478. The van der Waals surface area contributed by atoms with Gasteiger partial charge in [-0.15, -0.1) is 0 Å². The molecular formula is C7H4N4O4. The summed E-state index contributed by atoms with van der Waals surface area (Å²) in [5.41, 5.74) is 7.04. The lowest BCUT2D eigenvalue weighted by Gasteiger charge is -1.98. The summed E-state index contributed by atoms with van der Waals surface area (Å²) in [6.45, 7) is 0. The highest BCUT2D eigenvalue weighted by Crippen LogP contribution is 2.24. The van der Waals surface area contributed by atoms with Gasteiger partial charge >= 0.3 is 5.97 Å². The molecule has 1 aromatic carbocycles. The first kappa shape index (κ1) is 10.5. The molecule has 0 saturated carbocycles. The first-order valence-corrected chi connectivity index (χ1v) is 3.63. The molecule has 0 unspecified atom stereocenters. The second-order valence-corrected chi connectivity index (χ2v) is 2.45. The summed E-state index contributed by atoms with van der Waals surface area (Å²) in [5, 5.41) is 22.3. The normalized spacial score (nSPS) is 9.07. The molecule has 0 aliphatic heterocycles. The van der Waals surface area contributed by atoms with E-state index in [1.165, 1.54) is 6.07 Å². The number of carboxylic acid groups (broad SMARTS) is 1. The average Bonchev–Trinajstić information content (AvgIpc) is 2.17. The standard InChI is InChI=1S/C7H4N4O4/c8-10-9-4-1-2-5(7(12)13)6(3-4)11(14)15/h1-3H,(H,12,13). The van der Waals surface area contributed by atoms with Gasteiger partial charge in [-0.25, -0.2) is 4.79 Å². The van der Waals surface area contributed by atoms with Crippen LogP contribution in [0.25, 0.3) is 10.4 Å². The van der Waals surface area contributed by atoms with Crippen LogP contribution in [-0.2, 0) is 0 Å². The zero-order valence-corrected chi connectivity index (χ0v) is 7.19. The molecule has 1 rings (SSSR count). The van der Waals surface area contributed by atoms with Gasteiger partial charge in [-0.05, 0) is 11.6 Å². The highest BCUT2D eigenvalue weighted by Gasteiger charge is 2.19. The van der Waals surface area contributed by atoms with Crippen molar-refractivity contribution >= 4 is 17.3 Å². The van der Waals surface area contributed by atoms with E-state index < -0.39 is 22.1 Å². The summed E-state index contributed by atoms with van der Waals surface area (Å²) in [7, 11) is 0. The van der Waals surface area contributed by atoms with Gasteiger partial charge in [0.25, 0.3) is 5.69 Å². The minimum atomic E-state index is -1.41. The highest BCUT2D eigenvalue weighted by molar-refractivity contribution is 5.92. The molecule has 76 valence electrons. The van der Waals surface area contributed by atoms with Crippen LogP contribution in [0, 0.1) is 10.1 Å². The quantitative estimate of drug-likeness (QED) is 0.268. The number of hydrogen-bond donors (Lipinski definition) is 1. The number of hydrogen-bond acceptors (Lipinski definition) is 4. The van der Waals surface area contributed by atoms with Crippen LogP contribution in [-0.4, -0.2) is 16.0 Å². The molecule has 0 amide bonds. The van der Waals surface area contributed by atoms with Crippen molar-refractivity contribution in [2.24, 2.45) is 5.11 Å². The summed E-state index contributed by atoms with van der Waals surface area (Å²) in [6.07, 6.45) is 0. The number of carbonyl (C=O) groups is 1. The molecule has 0 saturated heterocycles. The highest BCUT2D eigenvalue weighted by atomic mass is 16.6. The number of benzene rings is 1. The van der Waals surface area contributed by atoms with Gasteiger partial charge in [-0.3, -0.25) is 10.1 Å². The molecule has 1 N–H and O–H groups in total. The van der Waals surface area contributed by atoms with Crippen molar-refractivity contribution in [3.8, 4) is 0 Å². The Morgan fingerprint density at radius 1 is 1.60 bits per heavy atom. The maximum Gasteiger partial charge on any atom is 0.342 e. The molecule has 0 bridgehead atoms. The molecule has 0 spiro atoms. The van der Waals surface area contributed by atoms with Crippen molar-refractivity contribution in [2.45, 2.75) is 0 Å². The zero-order chi connectivity index (χ0) is 11.4. The minimum absolute atomic E-state index is 0.00537. The third kappa shape index (κ3) is 2.20. The molecular weight excluding hydrogens is 204 g/mol. The molecule has 0 aliphatic carbocycles. The van der Waals surface area contributed by atoms with E-state index in [0.29, 0.717) is 0 Å². The second-order valence-electron chi connectivity index (χ2n) is 2.45. The Kier molecular flexibility index (Phi) is 2.85. The van der Waals surface area contributed by atoms with Gasteiger partial charge in [0.15, 0.2) is 0 Å². The molecule has 0 atom stereocenters. The number of carboxylic acids is 1. The maximum absolute atomic E-state index is 10.6. The third-order valence-electron chi connectivity index (χ3n) is 1.57. The van der Waals surface area contributed by atoms with Crippen molar-refractivity contribution in [1.82, 2.24) is 0 Å². The van der Waals surface area contributed by atoms with E-state index in [1.807, 2.05) is 0 Å². The maximum atomic E-state index is 10.6. The van der Waals surface area contributed by atoms with E-state index in [2.05, 4.69) is 10.0 Å². The van der Waals surface area contributed by atoms with E-state index in [9.17, 15) is 14.9 Å². The first-order chi connectivity index (χ1) is 7.06. The Hall–Kier alpha value is -2.60. The molecule has 0 heterocycles. The monoisotopic (exact) mass is 208 g/mol. The lowest BCUT2D eigenvalue weighted by atomic mass is 10.1. The van der Waals surface area contributed by atoms with Crippen molar-refractivity contribution in [3.63, 3.8) is 0 Å². The molecule has 0 aromatic heterocycles. The molecule has 0 aliphatic rings. The van der Waals surface area contributed by atoms with Gasteiger partial charge in [0, 0.05) is 16.7 Å². The van der Waals surface area contributed by atoms with E-state index in [1.54, 1.807) is 0 Å². The Morgan fingerprint density at radius 3 is 2.73 bits per heavy atom. The Labute approximate surface area is 82.5 Å². The number of azide groups is 1. The fraction of sp³-hybridized carbons (Fsp3) is 0. The number of nitro benzene ring substituents is 1. The van der Waals surface area contributed by atoms with Crippen LogP contribution in [0.5, 0.6) is 0 Å². The minimum Gasteiger partial charge on any atom is -0.477 e. The molecule has 8 heteroatoms. The zero-order valence-electron chi connectivity index (χ0n) is 7.19. The summed E-state index contributed by atoms with van der Waals surface area (Å²) >= 11 is 0. The second kappa shape index (κ2) is 4.07. The Morgan fingerprint density at radius 2 is 2.27 bits per heavy atom. The van der Waals surface area contributed by atoms with E-state index in [0.717, 1.165) is 12.1 Å². The molecule has 0 radical (unpaired) electrons. The van der Waals surface area contributed by atoms with Crippen molar-refractivity contribution in [2.75, 3.05) is 0 Å². The fourth-order valence-electron chi connectivity index (χ4n) is 0.966. The van der Waals surface area contributed by atoms with E-state index in [-0.39, 0.29) is 5.69 Å². The third-order valence-corrected chi connectivity index (χ3v) is 1.57. The lowest BCUT2D eigenvalue weighted by Crippen LogP contribution is -2.01. The Balaban J connectivity index is 3.39. The fourth-order valence-corrected chi connectivity index (χ4v) is 0.966. The van der Waals surface area contributed by atoms with E-state index in [4.69, 9.17) is 10.6 Å². The van der Waals surface area contributed by atoms with Gasteiger partial charge in [-0.1, -0.05) is 11.2 Å². The SMILES string of the molecule is [N-]=[N+]=Nc1ccc(C(=O)O)c([N+](=O)[O-])c1. The van der Waals surface area contributed by atoms with Gasteiger partial charge in [-0.2, -0.15) is 0 Å². The van der Waals surface area contributed by atoms with Gasteiger partial charge < -0.3 is 5.11 Å². The first-order valence-electron chi connectivity index (χ1n) is 3.63. The van der Waals surface area contributed by atoms with Crippen LogP contribution in [0.2, 0.25) is 0 Å². The average molecular weight is 208 g/mol. The van der Waals surface area contributed by atoms with Crippen molar-refractivity contribution in [1.29, 1.82) is 0 Å². The van der Waals surface area contributed by atoms with E-state index >= 15 is 0 Å². The predicted molar refractivity (Wildman–Crippen MR) is 48.9 cm³/mol. The molecule has 1 aromatic rings. The smallest absolute Gasteiger partial charge is 0.342 e. The van der Waals surface area contributed by atoms with Gasteiger partial charge in [0.2, 0.25) is 0 Å². The lowest BCUT2D eigenvalue weighted by molar-refractivity contribution is -0.385. The molecule has 15 heavy (non-hydrogen) atoms. The van der Waals surface area contributed by atoms with Gasteiger partial charge in [0.1, 0.15) is 5.56 Å². The van der Waals surface area contributed by atoms with Crippen LogP contribution in [0.4, 0.5) is 11.4 Å². The topological polar surface area (TPSA) is 129 Å². The van der Waals surface area contributed by atoms with Crippen LogP contribution >= 0.6 is 0 Å². The van der Waals surface area contributed by atoms with Crippen LogP contribution in [0.1, 0.15) is 10.4 Å². The van der Waals surface area contributed by atoms with Crippen molar-refractivity contribution in [3.05, 3.63) is 44.3 Å². The van der Waals surface area contributed by atoms with Crippen LogP contribution in [0.15, 0.2) is 23.3 Å². The van der Waals surface area contributed by atoms with Crippen LogP contribution in [0.3, 0.4) is 0 Å². The summed E-state index contributed by atoms with van der Waals surface area (Å²) in [5.74, 6) is -1.41. The predicted octanol–water partition coefficient (Wildman–Crippen LogP) is 2.23. The summed E-state index contributed by atoms with van der Waals surface area (Å²) < 4.78 is 0. The van der Waals surface area contributed by atoms with Crippen LogP contribution < -0.4 is 0 Å². The van der Waals surface area contributed by atoms with Gasteiger partial charge in [0.05, 0.1) is 4.92 Å². The summed E-state index contributed by atoms with van der Waals surface area (Å²) in [4.78, 5) is 22.7. The summed E-state index contributed by atoms with van der Waals surface area (Å²) in [6, 6.07) is 3.11. The largest absolute Gasteiger partial charge is 0.477 e.